The monoisotopic (exact) mass is 451 g/mol. The van der Waals surface area contributed by atoms with Gasteiger partial charge in [-0.05, 0) is 60.9 Å². The average molecular weight is 452 g/mol. The summed E-state index contributed by atoms with van der Waals surface area (Å²) in [5, 5.41) is 25.9. The molecule has 1 heterocycles. The van der Waals surface area contributed by atoms with E-state index in [1.54, 1.807) is 35.9 Å². The molecule has 8 heteroatoms. The van der Waals surface area contributed by atoms with E-state index in [-0.39, 0.29) is 18.2 Å². The number of carbonyl (C=O) groups excluding carboxylic acids is 1. The molecule has 1 aliphatic carbocycles. The van der Waals surface area contributed by atoms with Crippen LogP contribution in [0.2, 0.25) is 5.02 Å². The van der Waals surface area contributed by atoms with Gasteiger partial charge in [0, 0.05) is 16.5 Å². The number of esters is 1. The van der Waals surface area contributed by atoms with Gasteiger partial charge in [0.2, 0.25) is 0 Å². The van der Waals surface area contributed by atoms with E-state index in [0.717, 1.165) is 11.1 Å². The number of benzene rings is 2. The van der Waals surface area contributed by atoms with Crippen molar-refractivity contribution in [2.24, 2.45) is 0 Å². The van der Waals surface area contributed by atoms with Crippen molar-refractivity contribution in [1.82, 2.24) is 9.78 Å². The van der Waals surface area contributed by atoms with Gasteiger partial charge in [-0.1, -0.05) is 18.5 Å². The van der Waals surface area contributed by atoms with Gasteiger partial charge in [0.15, 0.2) is 5.69 Å². The lowest BCUT2D eigenvalue weighted by atomic mass is 9.78. The van der Waals surface area contributed by atoms with Crippen LogP contribution in [-0.2, 0) is 4.74 Å². The van der Waals surface area contributed by atoms with Gasteiger partial charge in [0.25, 0.3) is 0 Å². The summed E-state index contributed by atoms with van der Waals surface area (Å²) in [4.78, 5) is 12.8. The normalized spacial score (nSPS) is 16.7. The molecule has 32 heavy (non-hydrogen) atoms. The fourth-order valence-electron chi connectivity index (χ4n) is 4.39. The fourth-order valence-corrected chi connectivity index (χ4v) is 4.67. The second-order valence-corrected chi connectivity index (χ2v) is 8.06. The third-order valence-corrected chi connectivity index (χ3v) is 5.99. The van der Waals surface area contributed by atoms with Crippen molar-refractivity contribution >= 4 is 17.6 Å². The zero-order valence-electron chi connectivity index (χ0n) is 18.1. The minimum atomic E-state index is -1.09. The topological polar surface area (TPSA) is 97.4 Å². The molecule has 2 aromatic carbocycles. The molecule has 4 rings (SSSR count). The van der Waals surface area contributed by atoms with Crippen molar-refractivity contribution in [2.75, 3.05) is 13.7 Å². The predicted molar refractivity (Wildman–Crippen MR) is 119 cm³/mol. The van der Waals surface area contributed by atoms with Crippen LogP contribution in [0.4, 0.5) is 0 Å². The van der Waals surface area contributed by atoms with Gasteiger partial charge in [0.1, 0.15) is 17.5 Å². The third-order valence-electron chi connectivity index (χ3n) is 5.77. The smallest absolute Gasteiger partial charge is 0.359 e. The highest BCUT2D eigenvalue weighted by Crippen LogP contribution is 2.47. The Morgan fingerprint density at radius 1 is 1.31 bits per heavy atom. The van der Waals surface area contributed by atoms with E-state index in [1.165, 1.54) is 7.11 Å². The summed E-state index contributed by atoms with van der Waals surface area (Å²) in [7, 11) is 1.52. The van der Waals surface area contributed by atoms with Crippen LogP contribution in [0.25, 0.3) is 5.69 Å². The summed E-state index contributed by atoms with van der Waals surface area (Å²) in [6.07, 6.45) is -1.09. The molecule has 164 valence electrons. The van der Waals surface area contributed by atoms with Gasteiger partial charge in [-0.25, -0.2) is 9.48 Å². The number of nitrogens with zero attached hydrogens (tertiary/aromatic N) is 3. The zero-order chi connectivity index (χ0) is 23.2. The van der Waals surface area contributed by atoms with Gasteiger partial charge < -0.3 is 14.6 Å². The maximum atomic E-state index is 12.8. The van der Waals surface area contributed by atoms with E-state index >= 15 is 0 Å². The predicted octanol–water partition coefficient (Wildman–Crippen LogP) is 4.44. The summed E-state index contributed by atoms with van der Waals surface area (Å²) in [5.74, 6) is -0.411. The van der Waals surface area contributed by atoms with Crippen LogP contribution < -0.4 is 4.74 Å². The first-order valence-corrected chi connectivity index (χ1v) is 10.6. The van der Waals surface area contributed by atoms with Crippen LogP contribution in [-0.4, -0.2) is 34.6 Å². The van der Waals surface area contributed by atoms with Crippen LogP contribution in [0.15, 0.2) is 30.3 Å². The average Bonchev–Trinajstić information content (AvgIpc) is 3.18. The Balaban J connectivity index is 2.06. The molecule has 1 aromatic heterocycles. The lowest BCUT2D eigenvalue weighted by molar-refractivity contribution is 0.0513. The Hall–Kier alpha value is -3.34. The molecule has 1 N–H and O–H groups in total. The number of rotatable bonds is 4. The highest BCUT2D eigenvalue weighted by atomic mass is 35.5. The minimum Gasteiger partial charge on any atom is -0.494 e. The van der Waals surface area contributed by atoms with Crippen molar-refractivity contribution < 1.29 is 19.4 Å². The molecule has 0 saturated heterocycles. The quantitative estimate of drug-likeness (QED) is 0.589. The first-order valence-electron chi connectivity index (χ1n) is 10.2. The largest absolute Gasteiger partial charge is 0.494 e. The number of carbonyl (C=O) groups is 1. The Morgan fingerprint density at radius 2 is 2.06 bits per heavy atom. The maximum Gasteiger partial charge on any atom is 0.359 e. The highest BCUT2D eigenvalue weighted by Gasteiger charge is 2.39. The highest BCUT2D eigenvalue weighted by molar-refractivity contribution is 6.30. The zero-order valence-corrected chi connectivity index (χ0v) is 18.9. The van der Waals surface area contributed by atoms with Crippen LogP contribution in [0, 0.1) is 18.3 Å². The summed E-state index contributed by atoms with van der Waals surface area (Å²) >= 11 is 6.33. The molecule has 3 aromatic rings. The molecule has 0 saturated carbocycles. The van der Waals surface area contributed by atoms with Gasteiger partial charge in [0.05, 0.1) is 31.0 Å². The lowest BCUT2D eigenvalue weighted by Gasteiger charge is -2.30. The Kier molecular flexibility index (Phi) is 5.68. The first kappa shape index (κ1) is 21.9. The molecule has 2 atom stereocenters. The number of aliphatic hydroxyl groups is 1. The summed E-state index contributed by atoms with van der Waals surface area (Å²) < 4.78 is 12.3. The number of hydrogen-bond donors (Lipinski definition) is 1. The van der Waals surface area contributed by atoms with E-state index in [9.17, 15) is 15.2 Å². The Labute approximate surface area is 190 Å². The number of ether oxygens (including phenoxy) is 2. The fraction of sp³-hybridized carbons (Fsp3) is 0.292. The molecule has 0 amide bonds. The van der Waals surface area contributed by atoms with E-state index in [4.69, 9.17) is 21.1 Å². The minimum absolute atomic E-state index is 0.0330. The van der Waals surface area contributed by atoms with E-state index in [2.05, 4.69) is 11.2 Å². The van der Waals surface area contributed by atoms with Crippen molar-refractivity contribution in [2.45, 2.75) is 32.8 Å². The number of hydrogen-bond acceptors (Lipinski definition) is 6. The molecule has 0 fully saturated rings. The molecule has 0 aliphatic heterocycles. The van der Waals surface area contributed by atoms with Crippen molar-refractivity contribution in [1.29, 1.82) is 5.26 Å². The molecule has 7 nitrogen and oxygen atoms in total. The number of aromatic nitrogens is 2. The van der Waals surface area contributed by atoms with Crippen LogP contribution in [0.1, 0.15) is 69.9 Å². The lowest BCUT2D eigenvalue weighted by Crippen LogP contribution is -2.21. The van der Waals surface area contributed by atoms with Crippen LogP contribution in [0.5, 0.6) is 5.75 Å². The Bertz CT molecular complexity index is 1280. The van der Waals surface area contributed by atoms with Gasteiger partial charge in [-0.3, -0.25) is 0 Å². The van der Waals surface area contributed by atoms with Gasteiger partial charge >= 0.3 is 5.97 Å². The molecular formula is C24H22ClN3O4. The third kappa shape index (κ3) is 3.32. The maximum absolute atomic E-state index is 12.8. The van der Waals surface area contributed by atoms with Gasteiger partial charge in [-0.15, -0.1) is 0 Å². The van der Waals surface area contributed by atoms with Gasteiger partial charge in [-0.2, -0.15) is 10.4 Å². The van der Waals surface area contributed by atoms with Crippen molar-refractivity contribution in [3.8, 4) is 17.5 Å². The molecule has 0 spiro atoms. The summed E-state index contributed by atoms with van der Waals surface area (Å²) in [6.45, 7) is 5.72. The number of aryl methyl sites for hydroxylation is 1. The van der Waals surface area contributed by atoms with Crippen LogP contribution >= 0.6 is 11.6 Å². The first-order chi connectivity index (χ1) is 15.3. The number of halogens is 1. The molecule has 1 aliphatic rings. The number of fused-ring (bicyclic) bond motifs is 2. The molecule has 0 bridgehead atoms. The van der Waals surface area contributed by atoms with E-state index in [1.807, 2.05) is 19.9 Å². The Morgan fingerprint density at radius 3 is 2.72 bits per heavy atom. The molecule has 2 unspecified atom stereocenters. The second kappa shape index (κ2) is 8.30. The van der Waals surface area contributed by atoms with Crippen molar-refractivity contribution in [3.05, 3.63) is 74.6 Å². The standard InChI is InChI=1S/C24H22ClN3O4/c1-5-32-24(30)21-20-22(13(3)16-10-15(25)8-12(2)19(16)23(20)29)28(27-21)17-9-14(11-26)6-7-18(17)31-4/h6-10,13,23,29H,5H2,1-4H3. The molecular weight excluding hydrogens is 430 g/mol. The molecule has 0 radical (unpaired) electrons. The summed E-state index contributed by atoms with van der Waals surface area (Å²) in [6, 6.07) is 10.7. The second-order valence-electron chi connectivity index (χ2n) is 7.63. The SMILES string of the molecule is CCOC(=O)c1nn(-c2cc(C#N)ccc2OC)c2c1C(O)c1c(C)cc(Cl)cc1C2C. The number of methoxy groups -OCH3 is 1. The van der Waals surface area contributed by atoms with E-state index < -0.39 is 12.1 Å². The van der Waals surface area contributed by atoms with Crippen LogP contribution in [0.3, 0.4) is 0 Å². The van der Waals surface area contributed by atoms with E-state index in [0.29, 0.717) is 38.8 Å². The number of nitriles is 1. The number of aliphatic hydroxyl groups excluding tert-OH is 1. The summed E-state index contributed by atoms with van der Waals surface area (Å²) in [5.41, 5.74) is 4.31. The van der Waals surface area contributed by atoms with Crippen molar-refractivity contribution in [3.63, 3.8) is 0 Å².